The molecule has 3 aromatic rings. The van der Waals surface area contributed by atoms with Crippen molar-refractivity contribution in [1.82, 2.24) is 10.1 Å². The minimum Gasteiger partial charge on any atom is -0.492 e. The van der Waals surface area contributed by atoms with E-state index in [-0.39, 0.29) is 24.2 Å². The van der Waals surface area contributed by atoms with Crippen LogP contribution in [-0.4, -0.2) is 54.0 Å². The first-order valence-electron chi connectivity index (χ1n) is 14.4. The van der Waals surface area contributed by atoms with Gasteiger partial charge in [-0.3, -0.25) is 0 Å². The Balaban J connectivity index is 1.14. The van der Waals surface area contributed by atoms with E-state index < -0.39 is 5.97 Å². The van der Waals surface area contributed by atoms with Gasteiger partial charge in [-0.1, -0.05) is 34.4 Å². The SMILES string of the molecule is CCOc1cc(C(=O)OC)ccc1NC(=O)N1C2CCC1CC(OCc1c(-c3c(Cl)cccc3Cl)noc1C1CC1)C2. The van der Waals surface area contributed by atoms with Gasteiger partial charge in [0.25, 0.3) is 0 Å². The molecule has 3 fully saturated rings. The molecule has 3 heterocycles. The number of benzene rings is 2. The number of hydrogen-bond acceptors (Lipinski definition) is 7. The second-order valence-electron chi connectivity index (χ2n) is 11.0. The van der Waals surface area contributed by atoms with Gasteiger partial charge in [0.2, 0.25) is 0 Å². The van der Waals surface area contributed by atoms with Crippen molar-refractivity contribution in [3.05, 3.63) is 63.3 Å². The van der Waals surface area contributed by atoms with E-state index in [9.17, 15) is 9.59 Å². The molecule has 9 nitrogen and oxygen atoms in total. The number of urea groups is 1. The molecule has 1 saturated carbocycles. The Hall–Kier alpha value is -3.27. The largest absolute Gasteiger partial charge is 0.492 e. The molecule has 0 spiro atoms. The second-order valence-corrected chi connectivity index (χ2v) is 11.8. The lowest BCUT2D eigenvalue weighted by Crippen LogP contribution is -2.50. The minimum absolute atomic E-state index is 0.0126. The molecule has 2 saturated heterocycles. The smallest absolute Gasteiger partial charge is 0.337 e. The first-order valence-corrected chi connectivity index (χ1v) is 15.1. The average Bonchev–Trinajstić information content (AvgIpc) is 3.68. The number of amides is 2. The zero-order valence-corrected chi connectivity index (χ0v) is 25.0. The van der Waals surface area contributed by atoms with Crippen molar-refractivity contribution in [3.8, 4) is 17.0 Å². The molecule has 6 rings (SSSR count). The summed E-state index contributed by atoms with van der Waals surface area (Å²) in [7, 11) is 1.33. The Morgan fingerprint density at radius 1 is 1.07 bits per heavy atom. The number of carbonyl (C=O) groups is 2. The third-order valence-electron chi connectivity index (χ3n) is 8.30. The lowest BCUT2D eigenvalue weighted by Gasteiger charge is -2.38. The van der Waals surface area contributed by atoms with Crippen LogP contribution < -0.4 is 10.1 Å². The van der Waals surface area contributed by atoms with Crippen molar-refractivity contribution in [1.29, 1.82) is 0 Å². The van der Waals surface area contributed by atoms with Gasteiger partial charge in [-0.25, -0.2) is 9.59 Å². The lowest BCUT2D eigenvalue weighted by atomic mass is 9.99. The van der Waals surface area contributed by atoms with Gasteiger partial charge < -0.3 is 29.0 Å². The number of anilines is 1. The fourth-order valence-corrected chi connectivity index (χ4v) is 6.75. The van der Waals surface area contributed by atoms with Crippen LogP contribution >= 0.6 is 23.2 Å². The highest BCUT2D eigenvalue weighted by atomic mass is 35.5. The second kappa shape index (κ2) is 12.1. The number of carbonyl (C=O) groups excluding carboxylic acids is 2. The van der Waals surface area contributed by atoms with E-state index in [2.05, 4.69) is 10.5 Å². The number of fused-ring (bicyclic) bond motifs is 2. The molecule has 1 aliphatic carbocycles. The number of hydrogen-bond donors (Lipinski definition) is 1. The molecule has 2 aromatic carbocycles. The number of nitrogens with zero attached hydrogens (tertiary/aromatic N) is 2. The highest BCUT2D eigenvalue weighted by Gasteiger charge is 2.44. The molecular formula is C31H33Cl2N3O6. The summed E-state index contributed by atoms with van der Waals surface area (Å²) in [6.45, 7) is 2.58. The van der Waals surface area contributed by atoms with Crippen LogP contribution in [0.2, 0.25) is 10.0 Å². The Kier molecular flexibility index (Phi) is 8.34. The topological polar surface area (TPSA) is 103 Å². The summed E-state index contributed by atoms with van der Waals surface area (Å²) in [4.78, 5) is 27.4. The molecule has 3 aliphatic rings. The predicted molar refractivity (Wildman–Crippen MR) is 158 cm³/mol. The fraction of sp³-hybridized carbons (Fsp3) is 0.452. The van der Waals surface area contributed by atoms with Crippen LogP contribution in [-0.2, 0) is 16.1 Å². The molecule has 2 bridgehead atoms. The van der Waals surface area contributed by atoms with Gasteiger partial charge in [-0.05, 0) is 75.8 Å². The van der Waals surface area contributed by atoms with Crippen LogP contribution in [0.15, 0.2) is 40.9 Å². The number of esters is 1. The van der Waals surface area contributed by atoms with Crippen molar-refractivity contribution in [3.63, 3.8) is 0 Å². The molecule has 42 heavy (non-hydrogen) atoms. The highest BCUT2D eigenvalue weighted by Crippen LogP contribution is 2.46. The summed E-state index contributed by atoms with van der Waals surface area (Å²) in [5.41, 5.74) is 3.06. The summed E-state index contributed by atoms with van der Waals surface area (Å²) >= 11 is 13.0. The van der Waals surface area contributed by atoms with Gasteiger partial charge in [0.1, 0.15) is 17.2 Å². The molecule has 1 N–H and O–H groups in total. The van der Waals surface area contributed by atoms with Gasteiger partial charge in [0.15, 0.2) is 0 Å². The zero-order chi connectivity index (χ0) is 29.4. The Morgan fingerprint density at radius 2 is 1.79 bits per heavy atom. The van der Waals surface area contributed by atoms with Crippen molar-refractivity contribution in [2.45, 2.75) is 76.2 Å². The number of halogens is 2. The molecule has 2 aliphatic heterocycles. The van der Waals surface area contributed by atoms with Crippen molar-refractivity contribution >= 4 is 40.9 Å². The summed E-state index contributed by atoms with van der Waals surface area (Å²) in [5.74, 6) is 1.15. The van der Waals surface area contributed by atoms with E-state index in [1.807, 2.05) is 11.8 Å². The van der Waals surface area contributed by atoms with Gasteiger partial charge in [0.05, 0.1) is 47.7 Å². The number of aromatic nitrogens is 1. The number of methoxy groups -OCH3 is 1. The van der Waals surface area contributed by atoms with E-state index in [1.54, 1.807) is 36.4 Å². The van der Waals surface area contributed by atoms with E-state index in [1.165, 1.54) is 7.11 Å². The maximum atomic E-state index is 13.5. The zero-order valence-electron chi connectivity index (χ0n) is 23.5. The van der Waals surface area contributed by atoms with Crippen LogP contribution in [0.4, 0.5) is 10.5 Å². The first kappa shape index (κ1) is 28.8. The van der Waals surface area contributed by atoms with Crippen molar-refractivity contribution in [2.75, 3.05) is 19.0 Å². The monoisotopic (exact) mass is 613 g/mol. The van der Waals surface area contributed by atoms with Gasteiger partial charge in [0, 0.05) is 29.1 Å². The number of rotatable bonds is 9. The van der Waals surface area contributed by atoms with Gasteiger partial charge in [-0.15, -0.1) is 0 Å². The van der Waals surface area contributed by atoms with Crippen LogP contribution in [0, 0.1) is 0 Å². The third kappa shape index (κ3) is 5.70. The van der Waals surface area contributed by atoms with E-state index >= 15 is 0 Å². The summed E-state index contributed by atoms with van der Waals surface area (Å²) in [6, 6.07) is 10.2. The number of ether oxygens (including phenoxy) is 3. The van der Waals surface area contributed by atoms with Crippen LogP contribution in [0.1, 0.15) is 73.0 Å². The molecule has 1 aromatic heterocycles. The van der Waals surface area contributed by atoms with E-state index in [4.69, 9.17) is 41.9 Å². The molecule has 11 heteroatoms. The quantitative estimate of drug-likeness (QED) is 0.250. The standard InChI is InChI=1S/C31H33Cl2N3O6/c1-3-40-26-13-18(30(37)39-2)9-12-25(26)34-31(38)36-19-10-11-20(36)15-21(14-19)41-16-22-28(35-42-29(22)17-7-8-17)27-23(32)5-4-6-24(27)33/h4-6,9,12-13,17,19-21H,3,7-8,10-11,14-16H2,1-2H3,(H,34,38). The molecule has 222 valence electrons. The predicted octanol–water partition coefficient (Wildman–Crippen LogP) is 7.46. The maximum Gasteiger partial charge on any atom is 0.337 e. The van der Waals surface area contributed by atoms with Crippen LogP contribution in [0.3, 0.4) is 0 Å². The lowest BCUT2D eigenvalue weighted by molar-refractivity contribution is -0.0158. The van der Waals surface area contributed by atoms with Gasteiger partial charge >= 0.3 is 12.0 Å². The molecule has 2 atom stereocenters. The molecular weight excluding hydrogens is 581 g/mol. The molecule has 2 amide bonds. The van der Waals surface area contributed by atoms with Crippen LogP contribution in [0.25, 0.3) is 11.3 Å². The fourth-order valence-electron chi connectivity index (χ4n) is 6.17. The van der Waals surface area contributed by atoms with E-state index in [0.717, 1.165) is 49.8 Å². The van der Waals surface area contributed by atoms with Crippen molar-refractivity contribution < 1.29 is 28.3 Å². The third-order valence-corrected chi connectivity index (χ3v) is 8.93. The Bertz CT molecular complexity index is 1460. The Labute approximate surface area is 254 Å². The molecule has 2 unspecified atom stereocenters. The first-order chi connectivity index (χ1) is 20.4. The van der Waals surface area contributed by atoms with Gasteiger partial charge in [-0.2, -0.15) is 0 Å². The highest BCUT2D eigenvalue weighted by molar-refractivity contribution is 6.39. The summed E-state index contributed by atoms with van der Waals surface area (Å²) in [6.07, 6.45) is 5.40. The normalized spacial score (nSPS) is 21.3. The maximum absolute atomic E-state index is 13.5. The van der Waals surface area contributed by atoms with Crippen molar-refractivity contribution in [2.24, 2.45) is 0 Å². The number of nitrogens with one attached hydrogen (secondary N) is 1. The van der Waals surface area contributed by atoms with E-state index in [0.29, 0.717) is 57.4 Å². The summed E-state index contributed by atoms with van der Waals surface area (Å²) < 4.78 is 22.8. The average molecular weight is 615 g/mol. The minimum atomic E-state index is -0.466. The van der Waals surface area contributed by atoms with Crippen LogP contribution in [0.5, 0.6) is 5.75 Å². The number of piperidine rings is 1. The summed E-state index contributed by atoms with van der Waals surface area (Å²) in [5, 5.41) is 8.41. The molecule has 0 radical (unpaired) electrons. The Morgan fingerprint density at radius 3 is 2.43 bits per heavy atom.